The number of Topliss-reactive ketones (excluding diaryl/α,β-unsaturated/α-hetero) is 4. The number of hydrogen-bond acceptors (Lipinski definition) is 32. The Labute approximate surface area is 785 Å². The molecule has 130 heavy (non-hydrogen) atoms. The predicted octanol–water partition coefficient (Wildman–Crippen LogP) is 9.17. The van der Waals surface area contributed by atoms with Crippen LogP contribution in [0.3, 0.4) is 0 Å². The average molecular weight is 1990 g/mol. The molecule has 2 bridgehead atoms. The van der Waals surface area contributed by atoms with Crippen LogP contribution in [-0.4, -0.2) is 255 Å². The molecule has 9 N–H and O–H groups in total. The van der Waals surface area contributed by atoms with Crippen molar-refractivity contribution in [2.75, 3.05) is 52.1 Å². The van der Waals surface area contributed by atoms with Crippen LogP contribution in [-0.2, 0) is 97.2 Å². The molecule has 0 spiro atoms. The van der Waals surface area contributed by atoms with E-state index in [1.807, 2.05) is 57.2 Å². The van der Waals surface area contributed by atoms with Crippen LogP contribution >= 0.6 is 55.9 Å². The van der Waals surface area contributed by atoms with Crippen molar-refractivity contribution < 1.29 is 135 Å². The molecule has 716 valence electrons. The number of allylic oxidation sites excluding steroid dienone is 2. The molecule has 37 heteroatoms. The van der Waals surface area contributed by atoms with E-state index < -0.39 is 162 Å². The molecule has 2 aliphatic carbocycles. The standard InChI is InChI=1S/C93H126IN5O28S3/c1-48(2)76(97-68(105)27-21-19-23-37-99-69(106)40-51(5)87(99)112)64(102)39-50(4)86(111)96-60-30-28-58(29-31-60)46-120-91(114)95-36-24-25-61(101)32-35-92(12,13)130-128-38-33-63-74-62(43-70(107)116-14)66(104)45-93(63,115)34-22-18-17-20-26-67(74)124-90-84(125-71-41-49(3)59(47-119-71)42-52(6)100)79(109)77(55(9)122-90)98-127-72-44-65(103)85(57(11)121-72)129-88(113)73-53(7)75(94)82(54(8)81(73)117-15)126-89-80(110)83(118-16)78(108)56(10)123-89/h17-18,28-31,33,48-51,55-57,59,65,67,71-72,76-80,83-85,89-90,98,103,108-110,115H,19,21,23-25,27,32,35-47H2,1-16H3,(H,95,114)(H,96,111)(H,97,105)/b18-17-,63-33-/t49?,50-,51?,55?,56?,57?,59?,65?,67+,71?,72?,76+,77?,78?,79?,80?,83?,84?,85?,89?,90?,93+/m1/s1. The van der Waals surface area contributed by atoms with Crippen LogP contribution in [0.2, 0.25) is 0 Å². The normalized spacial score (nSPS) is 29.1. The maximum Gasteiger partial charge on any atom is 0.407 e. The van der Waals surface area contributed by atoms with Crippen molar-refractivity contribution in [3.8, 4) is 35.2 Å². The Bertz CT molecular complexity index is 4610. The Balaban J connectivity index is 0.779. The van der Waals surface area contributed by atoms with E-state index in [4.69, 9.17) is 56.9 Å². The number of likely N-dealkylation sites (tertiary alicyclic amines) is 1. The van der Waals surface area contributed by atoms with E-state index in [2.05, 4.69) is 45.1 Å². The van der Waals surface area contributed by atoms with Gasteiger partial charge in [-0.2, -0.15) is 5.48 Å². The fourth-order valence-corrected chi connectivity index (χ4v) is 20.8. The van der Waals surface area contributed by atoms with Crippen molar-refractivity contribution in [3.05, 3.63) is 85.0 Å². The quantitative estimate of drug-likeness (QED) is 0.00568. The molecule has 33 nitrogen and oxygen atoms in total. The third-order valence-corrected chi connectivity index (χ3v) is 30.0. The zero-order valence-electron chi connectivity index (χ0n) is 76.6. The summed E-state index contributed by atoms with van der Waals surface area (Å²) in [6.45, 7) is 23.2. The van der Waals surface area contributed by atoms with Crippen molar-refractivity contribution in [2.24, 2.45) is 29.6 Å². The van der Waals surface area contributed by atoms with Crippen molar-refractivity contribution in [3.63, 3.8) is 0 Å². The fraction of sp³-hybridized carbons (Fsp3) is 0.645. The number of ether oxygens (including phenoxy) is 11. The number of fused-ring (bicyclic) bond motifs is 2. The van der Waals surface area contributed by atoms with Crippen LogP contribution in [0.5, 0.6) is 11.5 Å². The van der Waals surface area contributed by atoms with Gasteiger partial charge in [-0.1, -0.05) is 116 Å². The molecule has 7 aliphatic rings. The molecule has 2 aromatic rings. The van der Waals surface area contributed by atoms with Gasteiger partial charge < -0.3 is 98.4 Å². The van der Waals surface area contributed by atoms with Gasteiger partial charge in [-0.15, -0.1) is 0 Å². The highest BCUT2D eigenvalue weighted by atomic mass is 127. The number of rotatable bonds is 43. The molecule has 0 saturated carbocycles. The summed E-state index contributed by atoms with van der Waals surface area (Å²) in [5.74, 6) is 7.95. The highest BCUT2D eigenvalue weighted by molar-refractivity contribution is 14.1. The fourth-order valence-electron chi connectivity index (χ4n) is 16.4. The number of alkyl carbamates (subject to hydrolysis) is 1. The van der Waals surface area contributed by atoms with Crippen LogP contribution in [0.1, 0.15) is 200 Å². The number of halogens is 1. The summed E-state index contributed by atoms with van der Waals surface area (Å²) in [6.07, 6.45) is -10.7. The Morgan fingerprint density at radius 3 is 2.18 bits per heavy atom. The first-order chi connectivity index (χ1) is 61.6. The lowest BCUT2D eigenvalue weighted by Crippen LogP contribution is -2.64. The Morgan fingerprint density at radius 1 is 0.808 bits per heavy atom. The number of ketones is 4. The van der Waals surface area contributed by atoms with Crippen molar-refractivity contribution >= 4 is 126 Å². The molecule has 2 aromatic carbocycles. The molecule has 18 unspecified atom stereocenters. The molecule has 22 atom stereocenters. The SMILES string of the molecule is COC(=O)CC1=C2/C(=C/CSSC(C)(C)CCC(=O)CCCNC(=O)OCc3ccc(NC(=O)[C@H](C)CC(=O)[C@@H](NC(=O)CCCCCN4C(=O)CC(C)C4=O)C(C)C)cc3)[C@](O)(C#C/C=C\C#C[C@@H]2OC2OC(C)C(NOC3CC(O)C(SC(=O)c4c(C)c(I)c(OC5OC(C)C(O)C(OC)C5O)c(C)c4OC)C(C)O3)C(O)C2OC2CC(C)C(CC(C)=O)CO2)CC1=O. The summed E-state index contributed by atoms with van der Waals surface area (Å²) in [5, 5.41) is 66.1. The lowest BCUT2D eigenvalue weighted by atomic mass is 9.72. The number of carbonyl (C=O) groups is 11. The first kappa shape index (κ1) is 106. The molecule has 5 amide bonds. The van der Waals surface area contributed by atoms with Gasteiger partial charge >= 0.3 is 12.1 Å². The van der Waals surface area contributed by atoms with Crippen molar-refractivity contribution in [1.82, 2.24) is 21.0 Å². The van der Waals surface area contributed by atoms with Gasteiger partial charge in [0.25, 0.3) is 0 Å². The number of benzene rings is 2. The average Bonchev–Trinajstić information content (AvgIpc) is 0.794. The summed E-state index contributed by atoms with van der Waals surface area (Å²) < 4.78 is 66.8. The number of thioether (sulfide) groups is 1. The number of hydroxylamine groups is 1. The van der Waals surface area contributed by atoms with Gasteiger partial charge in [0.05, 0.1) is 84.6 Å². The number of aliphatic hydroxyl groups is 5. The number of methoxy groups -OCH3 is 3. The predicted molar refractivity (Wildman–Crippen MR) is 490 cm³/mol. The lowest BCUT2D eigenvalue weighted by molar-refractivity contribution is -0.335. The minimum Gasteiger partial charge on any atom is -0.496 e. The van der Waals surface area contributed by atoms with Crippen LogP contribution in [0.25, 0.3) is 0 Å². The van der Waals surface area contributed by atoms with E-state index in [0.717, 1.165) is 11.8 Å². The number of hydrogen-bond donors (Lipinski definition) is 9. The summed E-state index contributed by atoms with van der Waals surface area (Å²) in [6, 6.07) is 4.68. The Hall–Kier alpha value is -7.23. The zero-order valence-corrected chi connectivity index (χ0v) is 81.2. The molecule has 0 radical (unpaired) electrons. The van der Waals surface area contributed by atoms with E-state index in [9.17, 15) is 78.3 Å². The minimum atomic E-state index is -2.17. The number of anilines is 1. The summed E-state index contributed by atoms with van der Waals surface area (Å²) in [4.78, 5) is 152. The molecule has 9 rings (SSSR count). The second-order valence-electron chi connectivity index (χ2n) is 35.2. The van der Waals surface area contributed by atoms with Crippen LogP contribution in [0.4, 0.5) is 10.5 Å². The number of nitrogens with zero attached hydrogens (tertiary/aromatic N) is 1. The van der Waals surface area contributed by atoms with Crippen LogP contribution in [0, 0.1) is 70.7 Å². The van der Waals surface area contributed by atoms with E-state index in [-0.39, 0.29) is 169 Å². The molecule has 5 aliphatic heterocycles. The summed E-state index contributed by atoms with van der Waals surface area (Å²) >= 11 is 2.89. The van der Waals surface area contributed by atoms with E-state index in [1.165, 1.54) is 66.9 Å². The third-order valence-electron chi connectivity index (χ3n) is 24.1. The van der Waals surface area contributed by atoms with E-state index in [1.54, 1.807) is 78.8 Å². The Morgan fingerprint density at radius 2 is 1.52 bits per heavy atom. The molecule has 5 saturated heterocycles. The van der Waals surface area contributed by atoms with Gasteiger partial charge in [0.2, 0.25) is 35.0 Å². The van der Waals surface area contributed by atoms with E-state index >= 15 is 0 Å². The number of imide groups is 1. The highest BCUT2D eigenvalue weighted by Crippen LogP contribution is 2.47. The number of carbonyl (C=O) groups excluding carboxylic acids is 11. The molecular formula is C93H126IN5O28S3. The monoisotopic (exact) mass is 1980 g/mol. The second-order valence-corrected chi connectivity index (χ2v) is 40.5. The zero-order chi connectivity index (χ0) is 95.3. The third kappa shape index (κ3) is 28.7. The van der Waals surface area contributed by atoms with Gasteiger partial charge in [-0.25, -0.2) is 4.79 Å². The van der Waals surface area contributed by atoms with E-state index in [0.29, 0.717) is 64.6 Å². The number of unbranched alkanes of at least 4 members (excludes halogenated alkanes) is 2. The largest absolute Gasteiger partial charge is 0.496 e. The Kier molecular flexibility index (Phi) is 40.4. The smallest absolute Gasteiger partial charge is 0.407 e. The maximum atomic E-state index is 14.6. The number of aliphatic hydroxyl groups excluding tert-OH is 4. The molecule has 5 fully saturated rings. The molecule has 5 heterocycles. The molecular weight excluding hydrogens is 1860 g/mol. The second kappa shape index (κ2) is 49.3. The van der Waals surface area contributed by atoms with Gasteiger partial charge in [0, 0.05) is 122 Å². The maximum absolute atomic E-state index is 14.6. The number of esters is 1. The topological polar surface area (TPSA) is 451 Å². The first-order valence-electron chi connectivity index (χ1n) is 44.1. The minimum absolute atomic E-state index is 0.00247. The van der Waals surface area contributed by atoms with Crippen LogP contribution < -0.4 is 30.9 Å². The summed E-state index contributed by atoms with van der Waals surface area (Å²) in [5.41, 5.74) is 2.93. The van der Waals surface area contributed by atoms with Gasteiger partial charge in [-0.3, -0.25) is 52.9 Å². The highest BCUT2D eigenvalue weighted by Gasteiger charge is 2.53. The van der Waals surface area contributed by atoms with Gasteiger partial charge in [0.1, 0.15) is 66.3 Å². The van der Waals surface area contributed by atoms with Crippen molar-refractivity contribution in [2.45, 2.75) is 307 Å². The number of amides is 5. The van der Waals surface area contributed by atoms with Crippen LogP contribution in [0.15, 0.2) is 59.2 Å². The van der Waals surface area contributed by atoms with Crippen molar-refractivity contribution in [1.29, 1.82) is 0 Å². The molecule has 0 aromatic heterocycles. The van der Waals surface area contributed by atoms with Gasteiger partial charge in [-0.05, 0) is 157 Å². The van der Waals surface area contributed by atoms with Gasteiger partial charge in [0.15, 0.2) is 36.0 Å². The number of nitrogens with one attached hydrogen (secondary N) is 4. The lowest BCUT2D eigenvalue weighted by Gasteiger charge is -2.46. The summed E-state index contributed by atoms with van der Waals surface area (Å²) in [7, 11) is 6.79. The first-order valence-corrected chi connectivity index (χ1v) is 48.4.